The zero-order valence-corrected chi connectivity index (χ0v) is 9.80. The minimum Gasteiger partial charge on any atom is -0.327 e. The molecular weight excluding hydrogens is 231 g/mol. The third-order valence-corrected chi connectivity index (χ3v) is 3.27. The zero-order valence-electron chi connectivity index (χ0n) is 8.98. The first-order chi connectivity index (χ1) is 7.34. The number of halogens is 1. The minimum atomic E-state index is -3.85. The van der Waals surface area contributed by atoms with Gasteiger partial charge in [-0.1, -0.05) is 13.0 Å². The Kier molecular flexibility index (Phi) is 4.01. The van der Waals surface area contributed by atoms with Crippen molar-refractivity contribution in [1.82, 2.24) is 0 Å². The van der Waals surface area contributed by atoms with Crippen molar-refractivity contribution in [3.05, 3.63) is 29.6 Å². The van der Waals surface area contributed by atoms with Crippen LogP contribution in [0.3, 0.4) is 0 Å². The number of nitrogens with two attached hydrogens (primary N) is 2. The first kappa shape index (κ1) is 13.1. The van der Waals surface area contributed by atoms with Crippen LogP contribution in [0.4, 0.5) is 4.39 Å². The van der Waals surface area contributed by atoms with Gasteiger partial charge in [0.2, 0.25) is 10.0 Å². The molecule has 0 fully saturated rings. The van der Waals surface area contributed by atoms with Gasteiger partial charge < -0.3 is 5.73 Å². The summed E-state index contributed by atoms with van der Waals surface area (Å²) in [5.74, 6) is -0.588. The van der Waals surface area contributed by atoms with Crippen molar-refractivity contribution >= 4 is 10.0 Å². The lowest BCUT2D eigenvalue weighted by atomic mass is 10.0. The van der Waals surface area contributed by atoms with Crippen LogP contribution in [0, 0.1) is 5.82 Å². The number of primary sulfonamides is 1. The van der Waals surface area contributed by atoms with E-state index in [2.05, 4.69) is 0 Å². The molecule has 1 atom stereocenters. The van der Waals surface area contributed by atoms with Gasteiger partial charge in [0.05, 0.1) is 4.90 Å². The summed E-state index contributed by atoms with van der Waals surface area (Å²) in [5.41, 5.74) is 6.09. The highest BCUT2D eigenvalue weighted by molar-refractivity contribution is 7.89. The molecule has 0 aliphatic rings. The number of rotatable bonds is 4. The molecule has 4 N–H and O–H groups in total. The molecular formula is C10H15FN2O2S. The van der Waals surface area contributed by atoms with Crippen molar-refractivity contribution in [3.8, 4) is 0 Å². The van der Waals surface area contributed by atoms with Crippen molar-refractivity contribution < 1.29 is 12.8 Å². The second-order valence-electron chi connectivity index (χ2n) is 3.67. The molecule has 16 heavy (non-hydrogen) atoms. The van der Waals surface area contributed by atoms with Crippen LogP contribution < -0.4 is 10.9 Å². The van der Waals surface area contributed by atoms with Crippen molar-refractivity contribution in [3.63, 3.8) is 0 Å². The molecule has 0 radical (unpaired) electrons. The van der Waals surface area contributed by atoms with Gasteiger partial charge in [0.15, 0.2) is 0 Å². The molecule has 1 unspecified atom stereocenters. The van der Waals surface area contributed by atoms with E-state index < -0.39 is 15.8 Å². The molecule has 90 valence electrons. The Bertz CT molecular complexity index is 474. The number of sulfonamides is 1. The third-order valence-electron chi connectivity index (χ3n) is 2.36. The van der Waals surface area contributed by atoms with Gasteiger partial charge in [0.25, 0.3) is 0 Å². The molecule has 0 aliphatic heterocycles. The maximum atomic E-state index is 13.5. The molecule has 0 heterocycles. The van der Waals surface area contributed by atoms with Gasteiger partial charge in [-0.25, -0.2) is 17.9 Å². The molecule has 1 rings (SSSR count). The number of hydrogen-bond acceptors (Lipinski definition) is 3. The van der Waals surface area contributed by atoms with E-state index in [1.165, 1.54) is 12.1 Å². The first-order valence-electron chi connectivity index (χ1n) is 4.91. The van der Waals surface area contributed by atoms with Crippen LogP contribution in [-0.4, -0.2) is 14.5 Å². The van der Waals surface area contributed by atoms with Gasteiger partial charge in [0.1, 0.15) is 5.82 Å². The standard InChI is InChI=1S/C10H15FN2O2S/c1-2-8(12)5-7-3-4-9(6-10(7)11)16(13,14)15/h3-4,6,8H,2,5,12H2,1H3,(H2,13,14,15). The summed E-state index contributed by atoms with van der Waals surface area (Å²) < 4.78 is 35.4. The summed E-state index contributed by atoms with van der Waals surface area (Å²) in [7, 11) is -3.85. The van der Waals surface area contributed by atoms with E-state index in [1.54, 1.807) is 0 Å². The summed E-state index contributed by atoms with van der Waals surface area (Å²) in [4.78, 5) is -0.223. The molecule has 4 nitrogen and oxygen atoms in total. The SMILES string of the molecule is CCC(N)Cc1ccc(S(N)(=O)=O)cc1F. The fraction of sp³-hybridized carbons (Fsp3) is 0.400. The van der Waals surface area contributed by atoms with E-state index in [4.69, 9.17) is 10.9 Å². The Balaban J connectivity index is 3.01. The van der Waals surface area contributed by atoms with Crippen molar-refractivity contribution in [2.24, 2.45) is 10.9 Å². The van der Waals surface area contributed by atoms with Gasteiger partial charge >= 0.3 is 0 Å². The normalized spacial score (nSPS) is 13.8. The fourth-order valence-corrected chi connectivity index (χ4v) is 1.82. The topological polar surface area (TPSA) is 86.2 Å². The van der Waals surface area contributed by atoms with Gasteiger partial charge in [-0.05, 0) is 30.5 Å². The monoisotopic (exact) mass is 246 g/mol. The van der Waals surface area contributed by atoms with Crippen LogP contribution >= 0.6 is 0 Å². The Morgan fingerprint density at radius 3 is 2.50 bits per heavy atom. The van der Waals surface area contributed by atoms with Crippen LogP contribution in [0.1, 0.15) is 18.9 Å². The highest BCUT2D eigenvalue weighted by Gasteiger charge is 2.12. The lowest BCUT2D eigenvalue weighted by molar-refractivity contribution is 0.571. The first-order valence-corrected chi connectivity index (χ1v) is 6.46. The fourth-order valence-electron chi connectivity index (χ4n) is 1.30. The lowest BCUT2D eigenvalue weighted by Gasteiger charge is -2.10. The van der Waals surface area contributed by atoms with E-state index in [0.717, 1.165) is 12.5 Å². The maximum Gasteiger partial charge on any atom is 0.238 e. The van der Waals surface area contributed by atoms with Gasteiger partial charge in [-0.15, -0.1) is 0 Å². The maximum absolute atomic E-state index is 13.5. The van der Waals surface area contributed by atoms with E-state index in [9.17, 15) is 12.8 Å². The summed E-state index contributed by atoms with van der Waals surface area (Å²) in [5, 5.41) is 4.88. The van der Waals surface area contributed by atoms with Crippen LogP contribution in [-0.2, 0) is 16.4 Å². The molecule has 0 aromatic heterocycles. The summed E-state index contributed by atoms with van der Waals surface area (Å²) in [6.45, 7) is 1.90. The van der Waals surface area contributed by atoms with Crippen LogP contribution in [0.15, 0.2) is 23.1 Å². The lowest BCUT2D eigenvalue weighted by Crippen LogP contribution is -2.22. The van der Waals surface area contributed by atoms with Crippen molar-refractivity contribution in [2.75, 3.05) is 0 Å². The van der Waals surface area contributed by atoms with Crippen LogP contribution in [0.2, 0.25) is 0 Å². The largest absolute Gasteiger partial charge is 0.327 e. The Hall–Kier alpha value is -0.980. The van der Waals surface area contributed by atoms with E-state index in [0.29, 0.717) is 12.0 Å². The molecule has 0 aliphatic carbocycles. The van der Waals surface area contributed by atoms with Gasteiger partial charge in [-0.3, -0.25) is 0 Å². The van der Waals surface area contributed by atoms with E-state index in [-0.39, 0.29) is 10.9 Å². The molecule has 0 spiro atoms. The quantitative estimate of drug-likeness (QED) is 0.822. The Labute approximate surface area is 94.5 Å². The summed E-state index contributed by atoms with van der Waals surface area (Å²) in [6, 6.07) is 3.49. The summed E-state index contributed by atoms with van der Waals surface area (Å²) >= 11 is 0. The minimum absolute atomic E-state index is 0.130. The van der Waals surface area contributed by atoms with Gasteiger partial charge in [-0.2, -0.15) is 0 Å². The van der Waals surface area contributed by atoms with Crippen LogP contribution in [0.25, 0.3) is 0 Å². The van der Waals surface area contributed by atoms with Crippen molar-refractivity contribution in [2.45, 2.75) is 30.7 Å². The van der Waals surface area contributed by atoms with Crippen LogP contribution in [0.5, 0.6) is 0 Å². The van der Waals surface area contributed by atoms with Gasteiger partial charge in [0, 0.05) is 6.04 Å². The van der Waals surface area contributed by atoms with Crippen molar-refractivity contribution in [1.29, 1.82) is 0 Å². The molecule has 1 aromatic carbocycles. The molecule has 0 saturated carbocycles. The summed E-state index contributed by atoms with van der Waals surface area (Å²) in [6.07, 6.45) is 1.11. The predicted molar refractivity (Wildman–Crippen MR) is 59.7 cm³/mol. The molecule has 0 amide bonds. The number of hydrogen-bond donors (Lipinski definition) is 2. The smallest absolute Gasteiger partial charge is 0.238 e. The molecule has 0 saturated heterocycles. The second kappa shape index (κ2) is 4.90. The molecule has 1 aromatic rings. The predicted octanol–water partition coefficient (Wildman–Crippen LogP) is 0.753. The average molecular weight is 246 g/mol. The Morgan fingerprint density at radius 2 is 2.06 bits per heavy atom. The van der Waals surface area contributed by atoms with E-state index >= 15 is 0 Å². The zero-order chi connectivity index (χ0) is 12.3. The second-order valence-corrected chi connectivity index (χ2v) is 5.23. The van der Waals surface area contributed by atoms with E-state index in [1.807, 2.05) is 6.92 Å². The molecule has 0 bridgehead atoms. The number of benzene rings is 1. The highest BCUT2D eigenvalue weighted by atomic mass is 32.2. The Morgan fingerprint density at radius 1 is 1.44 bits per heavy atom. The third kappa shape index (κ3) is 3.26. The average Bonchev–Trinajstić information content (AvgIpc) is 2.19. The highest BCUT2D eigenvalue weighted by Crippen LogP contribution is 2.15. The molecule has 6 heteroatoms.